The number of hydrogen-bond donors (Lipinski definition) is 0. The van der Waals surface area contributed by atoms with E-state index < -0.39 is 0 Å². The number of hydrogen-bond acceptors (Lipinski definition) is 3. The fourth-order valence-electron chi connectivity index (χ4n) is 1.23. The Bertz CT molecular complexity index is 465. The normalized spacial score (nSPS) is 10.5. The fourth-order valence-corrected chi connectivity index (χ4v) is 1.23. The summed E-state index contributed by atoms with van der Waals surface area (Å²) in [7, 11) is 0. The van der Waals surface area contributed by atoms with Crippen molar-refractivity contribution in [2.45, 2.75) is 13.8 Å². The van der Waals surface area contributed by atoms with Crippen LogP contribution in [-0.4, -0.2) is 10.1 Å². The summed E-state index contributed by atoms with van der Waals surface area (Å²) in [5, 5.41) is 3.66. The van der Waals surface area contributed by atoms with Crippen LogP contribution in [0.4, 0.5) is 4.39 Å². The van der Waals surface area contributed by atoms with Gasteiger partial charge in [-0.2, -0.15) is 4.98 Å². The van der Waals surface area contributed by atoms with E-state index in [0.29, 0.717) is 17.3 Å². The van der Waals surface area contributed by atoms with Crippen LogP contribution in [0.15, 0.2) is 22.7 Å². The zero-order valence-corrected chi connectivity index (χ0v) is 7.91. The smallest absolute Gasteiger partial charge is 0.258 e. The first-order chi connectivity index (χ1) is 6.66. The van der Waals surface area contributed by atoms with Gasteiger partial charge in [0.15, 0.2) is 5.82 Å². The van der Waals surface area contributed by atoms with Crippen LogP contribution in [0.5, 0.6) is 0 Å². The molecular weight excluding hydrogens is 183 g/mol. The molecular formula is C10H9FN2O. The molecule has 0 radical (unpaired) electrons. The van der Waals surface area contributed by atoms with Gasteiger partial charge in [-0.25, -0.2) is 4.39 Å². The molecule has 0 saturated heterocycles. The zero-order chi connectivity index (χ0) is 10.1. The number of halogens is 1. The van der Waals surface area contributed by atoms with Crippen LogP contribution in [-0.2, 0) is 0 Å². The predicted octanol–water partition coefficient (Wildman–Crippen LogP) is 2.49. The standard InChI is InChI=1S/C10H9FN2O/c1-6-3-4-8(11)5-9(6)10-12-7(2)13-14-10/h3-5H,1-2H3. The lowest BCUT2D eigenvalue weighted by Crippen LogP contribution is -1.85. The molecule has 0 amide bonds. The maximum Gasteiger partial charge on any atom is 0.258 e. The molecule has 0 aliphatic carbocycles. The topological polar surface area (TPSA) is 38.9 Å². The maximum absolute atomic E-state index is 12.9. The maximum atomic E-state index is 12.9. The van der Waals surface area contributed by atoms with Gasteiger partial charge in [-0.3, -0.25) is 0 Å². The molecule has 0 N–H and O–H groups in total. The van der Waals surface area contributed by atoms with Crippen LogP contribution < -0.4 is 0 Å². The van der Waals surface area contributed by atoms with Crippen molar-refractivity contribution < 1.29 is 8.91 Å². The van der Waals surface area contributed by atoms with Crippen LogP contribution in [0.2, 0.25) is 0 Å². The summed E-state index contributed by atoms with van der Waals surface area (Å²) < 4.78 is 17.9. The summed E-state index contributed by atoms with van der Waals surface area (Å²) in [6, 6.07) is 4.48. The zero-order valence-electron chi connectivity index (χ0n) is 7.91. The molecule has 0 aliphatic rings. The minimum Gasteiger partial charge on any atom is -0.334 e. The van der Waals surface area contributed by atoms with Crippen molar-refractivity contribution >= 4 is 0 Å². The number of aromatic nitrogens is 2. The van der Waals surface area contributed by atoms with Crippen LogP contribution in [0.1, 0.15) is 11.4 Å². The molecule has 3 nitrogen and oxygen atoms in total. The molecule has 0 aliphatic heterocycles. The first-order valence-electron chi connectivity index (χ1n) is 4.23. The Balaban J connectivity index is 2.55. The molecule has 14 heavy (non-hydrogen) atoms. The van der Waals surface area contributed by atoms with Crippen molar-refractivity contribution in [1.82, 2.24) is 10.1 Å². The lowest BCUT2D eigenvalue weighted by atomic mass is 10.1. The van der Waals surface area contributed by atoms with Gasteiger partial charge in [-0.05, 0) is 31.5 Å². The van der Waals surface area contributed by atoms with Gasteiger partial charge in [0.25, 0.3) is 5.89 Å². The van der Waals surface area contributed by atoms with E-state index in [9.17, 15) is 4.39 Å². The Kier molecular flexibility index (Phi) is 2.04. The SMILES string of the molecule is Cc1noc(-c2cc(F)ccc2C)n1. The Morgan fingerprint density at radius 1 is 1.29 bits per heavy atom. The molecule has 1 heterocycles. The van der Waals surface area contributed by atoms with Crippen molar-refractivity contribution in [3.8, 4) is 11.5 Å². The molecule has 0 unspecified atom stereocenters. The Morgan fingerprint density at radius 2 is 2.07 bits per heavy atom. The van der Waals surface area contributed by atoms with Gasteiger partial charge in [0.1, 0.15) is 5.82 Å². The third-order valence-corrected chi connectivity index (χ3v) is 1.96. The minimum absolute atomic E-state index is 0.304. The van der Waals surface area contributed by atoms with Crippen LogP contribution in [0.25, 0.3) is 11.5 Å². The lowest BCUT2D eigenvalue weighted by molar-refractivity contribution is 0.425. The summed E-state index contributed by atoms with van der Waals surface area (Å²) in [5.74, 6) is 0.601. The average Bonchev–Trinajstić information content (AvgIpc) is 2.56. The van der Waals surface area contributed by atoms with E-state index in [4.69, 9.17) is 4.52 Å². The van der Waals surface area contributed by atoms with E-state index in [1.807, 2.05) is 6.92 Å². The van der Waals surface area contributed by atoms with E-state index in [1.165, 1.54) is 12.1 Å². The van der Waals surface area contributed by atoms with E-state index in [-0.39, 0.29) is 5.82 Å². The van der Waals surface area contributed by atoms with Gasteiger partial charge in [0, 0.05) is 5.56 Å². The molecule has 0 atom stereocenters. The van der Waals surface area contributed by atoms with Gasteiger partial charge >= 0.3 is 0 Å². The van der Waals surface area contributed by atoms with Gasteiger partial charge in [-0.1, -0.05) is 11.2 Å². The molecule has 2 rings (SSSR count). The van der Waals surface area contributed by atoms with E-state index in [2.05, 4.69) is 10.1 Å². The number of rotatable bonds is 1. The fraction of sp³-hybridized carbons (Fsp3) is 0.200. The van der Waals surface area contributed by atoms with Crippen molar-refractivity contribution in [2.75, 3.05) is 0 Å². The Morgan fingerprint density at radius 3 is 2.71 bits per heavy atom. The molecule has 0 spiro atoms. The summed E-state index contributed by atoms with van der Waals surface area (Å²) in [6.07, 6.45) is 0. The van der Waals surface area contributed by atoms with Crippen LogP contribution in [0, 0.1) is 19.7 Å². The summed E-state index contributed by atoms with van der Waals surface area (Å²) in [4.78, 5) is 4.04. The van der Waals surface area contributed by atoms with Crippen LogP contribution in [0.3, 0.4) is 0 Å². The molecule has 72 valence electrons. The molecule has 1 aromatic heterocycles. The minimum atomic E-state index is -0.304. The second kappa shape index (κ2) is 3.21. The number of aryl methyl sites for hydroxylation is 2. The van der Waals surface area contributed by atoms with E-state index in [0.717, 1.165) is 5.56 Å². The highest BCUT2D eigenvalue weighted by Gasteiger charge is 2.09. The van der Waals surface area contributed by atoms with E-state index >= 15 is 0 Å². The highest BCUT2D eigenvalue weighted by atomic mass is 19.1. The predicted molar refractivity (Wildman–Crippen MR) is 49.2 cm³/mol. The van der Waals surface area contributed by atoms with Gasteiger partial charge < -0.3 is 4.52 Å². The third kappa shape index (κ3) is 1.51. The molecule has 4 heteroatoms. The van der Waals surface area contributed by atoms with Crippen molar-refractivity contribution in [1.29, 1.82) is 0 Å². The van der Waals surface area contributed by atoms with Gasteiger partial charge in [0.05, 0.1) is 0 Å². The van der Waals surface area contributed by atoms with Crippen LogP contribution >= 0.6 is 0 Å². The molecule has 0 bridgehead atoms. The highest BCUT2D eigenvalue weighted by Crippen LogP contribution is 2.22. The lowest BCUT2D eigenvalue weighted by Gasteiger charge is -1.99. The van der Waals surface area contributed by atoms with E-state index in [1.54, 1.807) is 13.0 Å². The van der Waals surface area contributed by atoms with Gasteiger partial charge in [-0.15, -0.1) is 0 Å². The third-order valence-electron chi connectivity index (χ3n) is 1.96. The first-order valence-corrected chi connectivity index (χ1v) is 4.23. The Hall–Kier alpha value is -1.71. The highest BCUT2D eigenvalue weighted by molar-refractivity contribution is 5.57. The summed E-state index contributed by atoms with van der Waals surface area (Å²) in [5.41, 5.74) is 1.56. The Labute approximate surface area is 80.6 Å². The van der Waals surface area contributed by atoms with Crippen molar-refractivity contribution in [3.63, 3.8) is 0 Å². The monoisotopic (exact) mass is 192 g/mol. The number of benzene rings is 1. The average molecular weight is 192 g/mol. The second-order valence-electron chi connectivity index (χ2n) is 3.11. The summed E-state index contributed by atoms with van der Waals surface area (Å²) in [6.45, 7) is 3.59. The molecule has 0 fully saturated rings. The summed E-state index contributed by atoms with van der Waals surface area (Å²) >= 11 is 0. The van der Waals surface area contributed by atoms with Crippen molar-refractivity contribution in [3.05, 3.63) is 35.4 Å². The second-order valence-corrected chi connectivity index (χ2v) is 3.11. The number of nitrogens with zero attached hydrogens (tertiary/aromatic N) is 2. The van der Waals surface area contributed by atoms with Gasteiger partial charge in [0.2, 0.25) is 0 Å². The molecule has 1 aromatic carbocycles. The largest absolute Gasteiger partial charge is 0.334 e. The molecule has 0 saturated carbocycles. The van der Waals surface area contributed by atoms with Crippen molar-refractivity contribution in [2.24, 2.45) is 0 Å². The quantitative estimate of drug-likeness (QED) is 0.696. The molecule has 2 aromatic rings. The first kappa shape index (κ1) is 8.87.